The first-order valence-corrected chi connectivity index (χ1v) is 8.78. The Balaban J connectivity index is 2.69. The largest absolute Gasteiger partial charge is 0.464 e. The summed E-state index contributed by atoms with van der Waals surface area (Å²) in [5, 5.41) is 9.37. The number of benzene rings is 1. The fourth-order valence-corrected chi connectivity index (χ4v) is 3.24. The molecule has 0 spiro atoms. The minimum absolute atomic E-state index is 0.0445. The summed E-state index contributed by atoms with van der Waals surface area (Å²) in [6, 6.07) is 9.65. The second-order valence-electron chi connectivity index (χ2n) is 6.80. The number of rotatable bonds is 9. The number of carbonyl (C=O) groups is 2. The molecule has 0 fully saturated rings. The predicted octanol–water partition coefficient (Wildman–Crippen LogP) is 3.55. The van der Waals surface area contributed by atoms with Gasteiger partial charge in [0.2, 0.25) is 6.86 Å². The molecule has 140 valence electrons. The Morgan fingerprint density at radius 2 is 1.76 bits per heavy atom. The minimum atomic E-state index is -1.49. The third-order valence-corrected chi connectivity index (χ3v) is 4.81. The SMILES string of the molecule is CC(C)(CC(Br)c1ccccc1)C(=O)OCC(C)(CO)C(=O)OCF. The molecule has 0 aliphatic rings. The molecule has 1 rings (SSSR count). The van der Waals surface area contributed by atoms with Crippen molar-refractivity contribution in [3.8, 4) is 0 Å². The van der Waals surface area contributed by atoms with Crippen LogP contribution in [-0.4, -0.2) is 37.1 Å². The number of halogens is 2. The van der Waals surface area contributed by atoms with Gasteiger partial charge in [0.25, 0.3) is 0 Å². The first-order chi connectivity index (χ1) is 11.7. The Kier molecular flexibility index (Phi) is 8.02. The van der Waals surface area contributed by atoms with Gasteiger partial charge in [0.15, 0.2) is 0 Å². The number of ether oxygens (including phenoxy) is 2. The Morgan fingerprint density at radius 3 is 2.28 bits per heavy atom. The van der Waals surface area contributed by atoms with Crippen molar-refractivity contribution < 1.29 is 28.6 Å². The van der Waals surface area contributed by atoms with E-state index in [1.54, 1.807) is 13.8 Å². The van der Waals surface area contributed by atoms with Gasteiger partial charge in [-0.3, -0.25) is 9.59 Å². The molecule has 0 heterocycles. The standard InChI is InChI=1S/C18H24BrFO5/c1-17(2,9-14(19)13-7-5-4-6-8-13)15(22)24-11-18(3,10-21)16(23)25-12-20/h4-8,14,21H,9-12H2,1-3H3. The van der Waals surface area contributed by atoms with Crippen molar-refractivity contribution in [3.63, 3.8) is 0 Å². The third kappa shape index (κ3) is 6.08. The molecule has 1 aromatic carbocycles. The average Bonchev–Trinajstić information content (AvgIpc) is 2.59. The Bertz CT molecular complexity index is 578. The summed E-state index contributed by atoms with van der Waals surface area (Å²) in [5.74, 6) is -1.47. The molecule has 0 bridgehead atoms. The molecule has 5 nitrogen and oxygen atoms in total. The van der Waals surface area contributed by atoms with Crippen molar-refractivity contribution in [2.45, 2.75) is 32.0 Å². The van der Waals surface area contributed by atoms with Crippen LogP contribution in [0.4, 0.5) is 4.39 Å². The summed E-state index contributed by atoms with van der Waals surface area (Å²) in [5.41, 5.74) is -1.29. The van der Waals surface area contributed by atoms with Gasteiger partial charge in [-0.05, 0) is 32.8 Å². The molecule has 1 N–H and O–H groups in total. The van der Waals surface area contributed by atoms with E-state index in [4.69, 9.17) is 4.74 Å². The van der Waals surface area contributed by atoms with Gasteiger partial charge in [-0.25, -0.2) is 4.39 Å². The summed E-state index contributed by atoms with van der Waals surface area (Å²) in [4.78, 5) is 24.1. The maximum atomic E-state index is 12.4. The van der Waals surface area contributed by atoms with Gasteiger partial charge < -0.3 is 14.6 Å². The van der Waals surface area contributed by atoms with Gasteiger partial charge in [-0.2, -0.15) is 0 Å². The molecule has 0 saturated carbocycles. The van der Waals surface area contributed by atoms with Gasteiger partial charge in [-0.1, -0.05) is 46.3 Å². The number of carbonyl (C=O) groups excluding carboxylic acids is 2. The highest BCUT2D eigenvalue weighted by Crippen LogP contribution is 2.37. The second kappa shape index (κ2) is 9.29. The molecule has 0 aliphatic heterocycles. The van der Waals surface area contributed by atoms with Crippen LogP contribution < -0.4 is 0 Å². The normalized spacial score (nSPS) is 15.1. The first kappa shape index (κ1) is 21.6. The molecule has 0 aliphatic carbocycles. The van der Waals surface area contributed by atoms with Crippen LogP contribution in [-0.2, 0) is 19.1 Å². The third-order valence-electron chi connectivity index (χ3n) is 3.95. The van der Waals surface area contributed by atoms with Crippen molar-refractivity contribution >= 4 is 27.9 Å². The lowest BCUT2D eigenvalue weighted by atomic mass is 9.86. The molecule has 0 aromatic heterocycles. The lowest BCUT2D eigenvalue weighted by Gasteiger charge is -2.29. The molecule has 2 unspecified atom stereocenters. The van der Waals surface area contributed by atoms with Gasteiger partial charge in [0.05, 0.1) is 12.0 Å². The smallest absolute Gasteiger partial charge is 0.319 e. The van der Waals surface area contributed by atoms with Crippen LogP contribution in [0.5, 0.6) is 0 Å². The van der Waals surface area contributed by atoms with Crippen molar-refractivity contribution in [2.24, 2.45) is 10.8 Å². The summed E-state index contributed by atoms with van der Waals surface area (Å²) >= 11 is 3.57. The summed E-state index contributed by atoms with van der Waals surface area (Å²) in [6.45, 7) is 2.53. The van der Waals surface area contributed by atoms with Crippen LogP contribution in [0.3, 0.4) is 0 Å². The van der Waals surface area contributed by atoms with E-state index in [-0.39, 0.29) is 11.4 Å². The highest BCUT2D eigenvalue weighted by atomic mass is 79.9. The molecule has 25 heavy (non-hydrogen) atoms. The molecule has 1 aromatic rings. The number of aliphatic hydroxyl groups is 1. The molecule has 7 heteroatoms. The molecule has 0 amide bonds. The van der Waals surface area contributed by atoms with Crippen LogP contribution in [0, 0.1) is 10.8 Å². The van der Waals surface area contributed by atoms with Crippen molar-refractivity contribution in [3.05, 3.63) is 35.9 Å². The maximum absolute atomic E-state index is 12.4. The van der Waals surface area contributed by atoms with Crippen LogP contribution in [0.25, 0.3) is 0 Å². The first-order valence-electron chi connectivity index (χ1n) is 7.86. The van der Waals surface area contributed by atoms with Gasteiger partial charge in [0, 0.05) is 4.83 Å². The van der Waals surface area contributed by atoms with E-state index in [0.717, 1.165) is 5.56 Å². The Morgan fingerprint density at radius 1 is 1.16 bits per heavy atom. The maximum Gasteiger partial charge on any atom is 0.319 e. The number of aliphatic hydroxyl groups excluding tert-OH is 1. The van der Waals surface area contributed by atoms with E-state index in [1.165, 1.54) is 6.92 Å². The number of hydrogen-bond acceptors (Lipinski definition) is 5. The molecule has 0 radical (unpaired) electrons. The quantitative estimate of drug-likeness (QED) is 0.490. The summed E-state index contributed by atoms with van der Waals surface area (Å²) in [6.07, 6.45) is 0.473. The Hall–Kier alpha value is -1.47. The fraction of sp³-hybridized carbons (Fsp3) is 0.556. The lowest BCUT2D eigenvalue weighted by molar-refractivity contribution is -0.172. The van der Waals surface area contributed by atoms with Crippen molar-refractivity contribution in [1.29, 1.82) is 0 Å². The summed E-state index contributed by atoms with van der Waals surface area (Å²) in [7, 11) is 0. The summed E-state index contributed by atoms with van der Waals surface area (Å²) < 4.78 is 21.7. The molecular weight excluding hydrogens is 395 g/mol. The topological polar surface area (TPSA) is 72.8 Å². The van der Waals surface area contributed by atoms with E-state index in [2.05, 4.69) is 20.7 Å². The molecule has 0 saturated heterocycles. The molecule has 2 atom stereocenters. The van der Waals surface area contributed by atoms with Gasteiger partial charge in [0.1, 0.15) is 12.0 Å². The zero-order valence-electron chi connectivity index (χ0n) is 14.6. The van der Waals surface area contributed by atoms with E-state index < -0.39 is 36.2 Å². The molecular formula is C18H24BrFO5. The fourth-order valence-electron chi connectivity index (χ4n) is 2.12. The average molecular weight is 419 g/mol. The highest BCUT2D eigenvalue weighted by Gasteiger charge is 2.39. The lowest BCUT2D eigenvalue weighted by Crippen LogP contribution is -2.40. The zero-order valence-corrected chi connectivity index (χ0v) is 16.2. The van der Waals surface area contributed by atoms with Gasteiger partial charge >= 0.3 is 11.9 Å². The van der Waals surface area contributed by atoms with Crippen LogP contribution >= 0.6 is 15.9 Å². The van der Waals surface area contributed by atoms with E-state index in [1.807, 2.05) is 30.3 Å². The zero-order chi connectivity index (χ0) is 19.1. The van der Waals surface area contributed by atoms with E-state index in [9.17, 15) is 19.1 Å². The van der Waals surface area contributed by atoms with Crippen LogP contribution in [0.15, 0.2) is 30.3 Å². The number of hydrogen-bond donors (Lipinski definition) is 1. The van der Waals surface area contributed by atoms with Gasteiger partial charge in [-0.15, -0.1) is 0 Å². The van der Waals surface area contributed by atoms with Crippen LogP contribution in [0.1, 0.15) is 37.6 Å². The minimum Gasteiger partial charge on any atom is -0.464 e. The number of alkyl halides is 2. The highest BCUT2D eigenvalue weighted by molar-refractivity contribution is 9.09. The van der Waals surface area contributed by atoms with Crippen LogP contribution in [0.2, 0.25) is 0 Å². The predicted molar refractivity (Wildman–Crippen MR) is 94.7 cm³/mol. The van der Waals surface area contributed by atoms with E-state index >= 15 is 0 Å². The number of esters is 2. The second-order valence-corrected chi connectivity index (χ2v) is 7.91. The van der Waals surface area contributed by atoms with E-state index in [0.29, 0.717) is 6.42 Å². The van der Waals surface area contributed by atoms with Crippen molar-refractivity contribution in [1.82, 2.24) is 0 Å². The van der Waals surface area contributed by atoms with Crippen molar-refractivity contribution in [2.75, 3.05) is 20.1 Å². The Labute approximate surface area is 155 Å². The monoisotopic (exact) mass is 418 g/mol.